The molecule has 0 saturated carbocycles. The molecule has 3 nitrogen and oxygen atoms in total. The lowest BCUT2D eigenvalue weighted by Gasteiger charge is -2.32. The van der Waals surface area contributed by atoms with Gasteiger partial charge in [0.2, 0.25) is 0 Å². The van der Waals surface area contributed by atoms with E-state index in [2.05, 4.69) is 113 Å². The van der Waals surface area contributed by atoms with E-state index in [1.54, 1.807) is 0 Å². The van der Waals surface area contributed by atoms with E-state index in [-0.39, 0.29) is 18.3 Å². The molecule has 0 spiro atoms. The van der Waals surface area contributed by atoms with Crippen LogP contribution in [0.5, 0.6) is 0 Å². The third kappa shape index (κ3) is 3.17. The summed E-state index contributed by atoms with van der Waals surface area (Å²) < 4.78 is 12.5. The van der Waals surface area contributed by atoms with Crippen molar-refractivity contribution in [2.24, 2.45) is 0 Å². The number of rotatable bonds is 2. The molecule has 0 amide bonds. The average molecular weight is 431 g/mol. The third-order valence-corrected chi connectivity index (χ3v) is 7.30. The largest absolute Gasteiger partial charge is 0.494 e. The highest BCUT2D eigenvalue weighted by Gasteiger charge is 2.51. The van der Waals surface area contributed by atoms with Gasteiger partial charge in [0.1, 0.15) is 0 Å². The zero-order valence-electron chi connectivity index (χ0n) is 19.4. The van der Waals surface area contributed by atoms with Gasteiger partial charge in [-0.2, -0.15) is 0 Å². The maximum Gasteiger partial charge on any atom is 0.494 e. The number of aromatic nitrogens is 1. The van der Waals surface area contributed by atoms with Gasteiger partial charge in [-0.25, -0.2) is 4.98 Å². The Morgan fingerprint density at radius 2 is 1.27 bits per heavy atom. The van der Waals surface area contributed by atoms with Crippen LogP contribution in [0.25, 0.3) is 43.7 Å². The number of para-hydroxylation sites is 1. The van der Waals surface area contributed by atoms with Crippen molar-refractivity contribution in [1.29, 1.82) is 0 Å². The molecule has 6 rings (SSSR count). The van der Waals surface area contributed by atoms with Crippen molar-refractivity contribution >= 4 is 45.2 Å². The van der Waals surface area contributed by atoms with Gasteiger partial charge in [0, 0.05) is 21.7 Å². The summed E-state index contributed by atoms with van der Waals surface area (Å²) in [6.07, 6.45) is 0. The van der Waals surface area contributed by atoms with Gasteiger partial charge in [0.05, 0.1) is 22.2 Å². The fourth-order valence-corrected chi connectivity index (χ4v) is 4.72. The van der Waals surface area contributed by atoms with Crippen molar-refractivity contribution in [2.75, 3.05) is 0 Å². The van der Waals surface area contributed by atoms with Crippen LogP contribution < -0.4 is 5.46 Å². The molecular weight excluding hydrogens is 405 g/mol. The lowest BCUT2D eigenvalue weighted by atomic mass is 9.78. The predicted molar refractivity (Wildman–Crippen MR) is 138 cm³/mol. The molecule has 1 saturated heterocycles. The Morgan fingerprint density at radius 1 is 0.636 bits per heavy atom. The summed E-state index contributed by atoms with van der Waals surface area (Å²) >= 11 is 0. The molecule has 4 heteroatoms. The van der Waals surface area contributed by atoms with Crippen LogP contribution in [0.15, 0.2) is 84.9 Å². The number of hydrogen-bond donors (Lipinski definition) is 0. The standard InChI is InChI=1S/C29H26BNO2/c1-28(2)29(3,4)33-30(32-28)21-16-13-20(14-17-21)26-23-11-7-8-12-25(23)31-27-22-10-6-5-9-19(22)15-18-24(26)27/h5-18H,1-4H3. The second-order valence-electron chi connectivity index (χ2n) is 9.90. The molecule has 2 heterocycles. The van der Waals surface area contributed by atoms with Gasteiger partial charge in [0.25, 0.3) is 0 Å². The van der Waals surface area contributed by atoms with Crippen molar-refractivity contribution in [3.8, 4) is 11.1 Å². The van der Waals surface area contributed by atoms with Gasteiger partial charge >= 0.3 is 7.12 Å². The van der Waals surface area contributed by atoms with E-state index >= 15 is 0 Å². The SMILES string of the molecule is CC1(C)OB(c2ccc(-c3c4ccccc4nc4c3ccc3ccccc34)cc2)OC1(C)C. The highest BCUT2D eigenvalue weighted by molar-refractivity contribution is 6.62. The first-order valence-electron chi connectivity index (χ1n) is 11.5. The fraction of sp³-hybridized carbons (Fsp3) is 0.207. The van der Waals surface area contributed by atoms with E-state index in [1.807, 2.05) is 0 Å². The summed E-state index contributed by atoms with van der Waals surface area (Å²) in [6.45, 7) is 8.34. The van der Waals surface area contributed by atoms with Crippen LogP contribution in [0, 0.1) is 0 Å². The molecular formula is C29H26BNO2. The Bertz CT molecular complexity index is 1510. The van der Waals surface area contributed by atoms with Crippen molar-refractivity contribution < 1.29 is 9.31 Å². The Labute approximate surface area is 194 Å². The van der Waals surface area contributed by atoms with Crippen molar-refractivity contribution in [3.63, 3.8) is 0 Å². The molecule has 1 fully saturated rings. The summed E-state index contributed by atoms with van der Waals surface area (Å²) in [5.41, 5.74) is 4.74. The van der Waals surface area contributed by atoms with E-state index in [1.165, 1.54) is 16.3 Å². The van der Waals surface area contributed by atoms with Crippen molar-refractivity contribution in [2.45, 2.75) is 38.9 Å². The van der Waals surface area contributed by atoms with Crippen LogP contribution >= 0.6 is 0 Å². The Kier molecular flexibility index (Phi) is 4.42. The summed E-state index contributed by atoms with van der Waals surface area (Å²) in [5, 5.41) is 4.70. The maximum absolute atomic E-state index is 6.25. The van der Waals surface area contributed by atoms with Crippen LogP contribution in [-0.4, -0.2) is 23.3 Å². The molecule has 4 aromatic carbocycles. The maximum atomic E-state index is 6.25. The first-order chi connectivity index (χ1) is 15.8. The Morgan fingerprint density at radius 3 is 2.00 bits per heavy atom. The molecule has 5 aromatic rings. The number of hydrogen-bond acceptors (Lipinski definition) is 3. The van der Waals surface area contributed by atoms with E-state index < -0.39 is 0 Å². The van der Waals surface area contributed by atoms with Crippen molar-refractivity contribution in [3.05, 3.63) is 84.9 Å². The molecule has 0 bridgehead atoms. The van der Waals surface area contributed by atoms with Gasteiger partial charge in [-0.05, 0) is 50.2 Å². The third-order valence-electron chi connectivity index (χ3n) is 7.30. The highest BCUT2D eigenvalue weighted by atomic mass is 16.7. The lowest BCUT2D eigenvalue weighted by molar-refractivity contribution is 0.00578. The number of fused-ring (bicyclic) bond motifs is 4. The van der Waals surface area contributed by atoms with Crippen LogP contribution in [0.1, 0.15) is 27.7 Å². The van der Waals surface area contributed by atoms with Gasteiger partial charge in [-0.15, -0.1) is 0 Å². The van der Waals surface area contributed by atoms with E-state index in [4.69, 9.17) is 14.3 Å². The smallest absolute Gasteiger partial charge is 0.399 e. The topological polar surface area (TPSA) is 31.4 Å². The van der Waals surface area contributed by atoms with E-state index in [9.17, 15) is 0 Å². The summed E-state index contributed by atoms with van der Waals surface area (Å²) in [7, 11) is -0.362. The second kappa shape index (κ2) is 7.15. The number of pyridine rings is 1. The van der Waals surface area contributed by atoms with Crippen LogP contribution in [0.2, 0.25) is 0 Å². The lowest BCUT2D eigenvalue weighted by Crippen LogP contribution is -2.41. The molecule has 1 aromatic heterocycles. The zero-order valence-corrected chi connectivity index (χ0v) is 19.4. The minimum atomic E-state index is -0.362. The molecule has 1 aliphatic heterocycles. The molecule has 0 N–H and O–H groups in total. The number of nitrogens with zero attached hydrogens (tertiary/aromatic N) is 1. The van der Waals surface area contributed by atoms with Crippen LogP contribution in [-0.2, 0) is 9.31 Å². The quantitative estimate of drug-likeness (QED) is 0.181. The molecule has 0 aliphatic carbocycles. The Hall–Kier alpha value is -3.21. The molecule has 1 aliphatic rings. The summed E-state index contributed by atoms with van der Waals surface area (Å²) in [4.78, 5) is 5.06. The molecule has 33 heavy (non-hydrogen) atoms. The van der Waals surface area contributed by atoms with Crippen LogP contribution in [0.4, 0.5) is 0 Å². The Balaban J connectivity index is 1.53. The van der Waals surface area contributed by atoms with Crippen molar-refractivity contribution in [1.82, 2.24) is 4.98 Å². The first kappa shape index (κ1) is 20.4. The molecule has 0 atom stereocenters. The molecule has 0 unspecified atom stereocenters. The van der Waals surface area contributed by atoms with Gasteiger partial charge < -0.3 is 9.31 Å². The predicted octanol–water partition coefficient (Wildman–Crippen LogP) is 6.51. The second-order valence-corrected chi connectivity index (χ2v) is 9.90. The van der Waals surface area contributed by atoms with Gasteiger partial charge in [-0.3, -0.25) is 0 Å². The minimum absolute atomic E-state index is 0.352. The van der Waals surface area contributed by atoms with E-state index in [0.29, 0.717) is 0 Å². The average Bonchev–Trinajstić information content (AvgIpc) is 3.04. The fourth-order valence-electron chi connectivity index (χ4n) is 4.72. The van der Waals surface area contributed by atoms with E-state index in [0.717, 1.165) is 32.8 Å². The minimum Gasteiger partial charge on any atom is -0.399 e. The zero-order chi connectivity index (χ0) is 22.8. The normalized spacial score (nSPS) is 17.3. The van der Waals surface area contributed by atoms with Crippen LogP contribution in [0.3, 0.4) is 0 Å². The monoisotopic (exact) mass is 431 g/mol. The highest BCUT2D eigenvalue weighted by Crippen LogP contribution is 2.38. The summed E-state index contributed by atoms with van der Waals surface area (Å²) in [6, 6.07) is 29.8. The molecule has 162 valence electrons. The summed E-state index contributed by atoms with van der Waals surface area (Å²) in [5.74, 6) is 0. The number of benzene rings is 4. The molecule has 0 radical (unpaired) electrons. The first-order valence-corrected chi connectivity index (χ1v) is 11.5. The van der Waals surface area contributed by atoms with Gasteiger partial charge in [-0.1, -0.05) is 78.9 Å². The van der Waals surface area contributed by atoms with Gasteiger partial charge in [0.15, 0.2) is 0 Å².